The summed E-state index contributed by atoms with van der Waals surface area (Å²) in [5, 5.41) is 0.663. The van der Waals surface area contributed by atoms with Gasteiger partial charge >= 0.3 is 5.97 Å². The number of ketones is 1. The molecule has 2 aromatic carbocycles. The number of methoxy groups -OCH3 is 1. The van der Waals surface area contributed by atoms with Crippen LogP contribution in [0, 0.1) is 0 Å². The molecule has 5 nitrogen and oxygen atoms in total. The molecule has 0 bridgehead atoms. The monoisotopic (exact) mass is 408 g/mol. The van der Waals surface area contributed by atoms with Gasteiger partial charge in [-0.05, 0) is 42.8 Å². The second kappa shape index (κ2) is 10.00. The van der Waals surface area contributed by atoms with E-state index in [9.17, 15) is 9.59 Å². The zero-order valence-corrected chi connectivity index (χ0v) is 16.3. The van der Waals surface area contributed by atoms with Crippen LogP contribution in [0.15, 0.2) is 42.5 Å². The van der Waals surface area contributed by atoms with E-state index in [0.29, 0.717) is 39.3 Å². The van der Waals surface area contributed by atoms with Gasteiger partial charge in [0.1, 0.15) is 0 Å². The van der Waals surface area contributed by atoms with Crippen molar-refractivity contribution in [3.63, 3.8) is 0 Å². The number of ether oxygens (including phenoxy) is 3. The van der Waals surface area contributed by atoms with Crippen molar-refractivity contribution < 1.29 is 23.8 Å². The minimum absolute atomic E-state index is 0.305. The number of esters is 1. The third-order valence-corrected chi connectivity index (χ3v) is 4.08. The second-order valence-electron chi connectivity index (χ2n) is 5.31. The molecule has 0 N–H and O–H groups in total. The molecule has 0 saturated heterocycles. The van der Waals surface area contributed by atoms with E-state index in [0.717, 1.165) is 0 Å². The highest BCUT2D eigenvalue weighted by Crippen LogP contribution is 2.36. The molecule has 0 unspecified atom stereocenters. The summed E-state index contributed by atoms with van der Waals surface area (Å²) in [6.45, 7) is 1.87. The molecule has 0 saturated carbocycles. The first-order valence-electron chi connectivity index (χ1n) is 8.09. The predicted octanol–water partition coefficient (Wildman–Crippen LogP) is 4.84. The van der Waals surface area contributed by atoms with Crippen LogP contribution in [0.4, 0.5) is 0 Å². The molecule has 0 spiro atoms. The van der Waals surface area contributed by atoms with Gasteiger partial charge in [-0.1, -0.05) is 35.3 Å². The van der Waals surface area contributed by atoms with Gasteiger partial charge in [0.25, 0.3) is 0 Å². The molecule has 2 aromatic rings. The molecule has 27 heavy (non-hydrogen) atoms. The largest absolute Gasteiger partial charge is 0.491 e. The summed E-state index contributed by atoms with van der Waals surface area (Å²) >= 11 is 12.1. The van der Waals surface area contributed by atoms with Crippen LogP contribution in [-0.4, -0.2) is 32.1 Å². The van der Waals surface area contributed by atoms with Crippen LogP contribution in [0.3, 0.4) is 0 Å². The van der Waals surface area contributed by atoms with E-state index < -0.39 is 12.6 Å². The summed E-state index contributed by atoms with van der Waals surface area (Å²) < 4.78 is 15.6. The highest BCUT2D eigenvalue weighted by atomic mass is 35.5. The van der Waals surface area contributed by atoms with Crippen LogP contribution in [-0.2, 0) is 9.53 Å². The van der Waals surface area contributed by atoms with Crippen LogP contribution in [0.1, 0.15) is 22.8 Å². The number of hydrogen-bond donors (Lipinski definition) is 0. The Hall–Kier alpha value is -2.50. The number of hydrogen-bond acceptors (Lipinski definition) is 5. The zero-order valence-electron chi connectivity index (χ0n) is 14.8. The lowest BCUT2D eigenvalue weighted by Gasteiger charge is -2.11. The Labute approximate surface area is 167 Å². The first-order chi connectivity index (χ1) is 13.0. The minimum Gasteiger partial charge on any atom is -0.491 e. The van der Waals surface area contributed by atoms with Crippen LogP contribution in [0.5, 0.6) is 11.5 Å². The van der Waals surface area contributed by atoms with Crippen LogP contribution in [0.2, 0.25) is 10.0 Å². The summed E-state index contributed by atoms with van der Waals surface area (Å²) in [7, 11) is 1.49. The lowest BCUT2D eigenvalue weighted by Crippen LogP contribution is -2.12. The fourth-order valence-corrected chi connectivity index (χ4v) is 2.80. The fourth-order valence-electron chi connectivity index (χ4n) is 2.26. The summed E-state index contributed by atoms with van der Waals surface area (Å²) in [5.41, 5.74) is 0.929. The Morgan fingerprint density at radius 3 is 2.52 bits per heavy atom. The van der Waals surface area contributed by atoms with Gasteiger partial charge in [-0.2, -0.15) is 0 Å². The number of Topliss-reactive ketones (excluding diaryl/α,β-unsaturated/α-hetero) is 1. The van der Waals surface area contributed by atoms with Crippen molar-refractivity contribution in [3.8, 4) is 11.5 Å². The molecule has 0 aliphatic rings. The van der Waals surface area contributed by atoms with Crippen molar-refractivity contribution in [2.75, 3.05) is 20.3 Å². The number of rotatable bonds is 8. The van der Waals surface area contributed by atoms with Crippen molar-refractivity contribution >= 4 is 41.0 Å². The first-order valence-corrected chi connectivity index (χ1v) is 8.84. The van der Waals surface area contributed by atoms with Gasteiger partial charge in [-0.3, -0.25) is 4.79 Å². The smallest absolute Gasteiger partial charge is 0.331 e. The Kier molecular flexibility index (Phi) is 7.70. The Morgan fingerprint density at radius 2 is 1.85 bits per heavy atom. The number of carbonyl (C=O) groups excluding carboxylic acids is 2. The molecule has 0 heterocycles. The molecule has 2 rings (SSSR count). The molecule has 0 fully saturated rings. The molecule has 0 atom stereocenters. The van der Waals surface area contributed by atoms with E-state index in [4.69, 9.17) is 37.4 Å². The average Bonchev–Trinajstić information content (AvgIpc) is 2.65. The second-order valence-corrected chi connectivity index (χ2v) is 6.13. The fraction of sp³-hybridized carbons (Fsp3) is 0.200. The third kappa shape index (κ3) is 5.74. The lowest BCUT2D eigenvalue weighted by atomic mass is 10.1. The Morgan fingerprint density at radius 1 is 1.11 bits per heavy atom. The van der Waals surface area contributed by atoms with Crippen molar-refractivity contribution in [3.05, 3.63) is 63.6 Å². The molecule has 0 aromatic heterocycles. The standard InChI is InChI=1S/C20H18Cl2O5/c1-3-26-18-11-13(10-16(22)20(18)25-2)8-9-19(24)27-12-17(23)14-6-4-5-7-15(14)21/h4-11H,3,12H2,1-2H3/b9-8+. The molecule has 0 aliphatic carbocycles. The van der Waals surface area contributed by atoms with E-state index in [2.05, 4.69) is 0 Å². The molecule has 0 aliphatic heterocycles. The van der Waals surface area contributed by atoms with E-state index >= 15 is 0 Å². The third-order valence-electron chi connectivity index (χ3n) is 3.47. The number of benzene rings is 2. The first kappa shape index (κ1) is 20.8. The van der Waals surface area contributed by atoms with Gasteiger partial charge in [0.15, 0.2) is 18.1 Å². The Bertz CT molecular complexity index is 861. The van der Waals surface area contributed by atoms with Gasteiger partial charge in [-0.15, -0.1) is 0 Å². The van der Waals surface area contributed by atoms with Gasteiger partial charge in [0.2, 0.25) is 5.78 Å². The highest BCUT2D eigenvalue weighted by molar-refractivity contribution is 6.34. The average molecular weight is 409 g/mol. The van der Waals surface area contributed by atoms with E-state index in [1.807, 2.05) is 6.92 Å². The molecule has 142 valence electrons. The maximum Gasteiger partial charge on any atom is 0.331 e. The van der Waals surface area contributed by atoms with Crippen LogP contribution in [0.25, 0.3) is 6.08 Å². The minimum atomic E-state index is -0.666. The summed E-state index contributed by atoms with van der Waals surface area (Å²) in [5.74, 6) is -0.160. The van der Waals surface area contributed by atoms with Gasteiger partial charge in [0.05, 0.1) is 23.8 Å². The summed E-state index contributed by atoms with van der Waals surface area (Å²) in [4.78, 5) is 23.9. The van der Waals surface area contributed by atoms with Crippen molar-refractivity contribution in [2.45, 2.75) is 6.92 Å². The molecule has 0 amide bonds. The highest BCUT2D eigenvalue weighted by Gasteiger charge is 2.13. The van der Waals surface area contributed by atoms with Gasteiger partial charge in [0, 0.05) is 11.6 Å². The molecular weight excluding hydrogens is 391 g/mol. The normalized spacial score (nSPS) is 10.7. The number of halogens is 2. The van der Waals surface area contributed by atoms with Crippen molar-refractivity contribution in [1.82, 2.24) is 0 Å². The number of carbonyl (C=O) groups is 2. The predicted molar refractivity (Wildman–Crippen MR) is 105 cm³/mol. The van der Waals surface area contributed by atoms with Gasteiger partial charge < -0.3 is 14.2 Å². The maximum absolute atomic E-state index is 12.0. The van der Waals surface area contributed by atoms with Crippen molar-refractivity contribution in [1.29, 1.82) is 0 Å². The summed E-state index contributed by atoms with van der Waals surface area (Å²) in [6, 6.07) is 9.88. The maximum atomic E-state index is 12.0. The Balaban J connectivity index is 2.02. The van der Waals surface area contributed by atoms with Crippen LogP contribution < -0.4 is 9.47 Å². The SMILES string of the molecule is CCOc1cc(/C=C/C(=O)OCC(=O)c2ccccc2Cl)cc(Cl)c1OC. The zero-order chi connectivity index (χ0) is 19.8. The topological polar surface area (TPSA) is 61.8 Å². The lowest BCUT2D eigenvalue weighted by molar-refractivity contribution is -0.136. The van der Waals surface area contributed by atoms with Crippen LogP contribution >= 0.6 is 23.2 Å². The molecular formula is C20H18Cl2O5. The van der Waals surface area contributed by atoms with Gasteiger partial charge in [-0.25, -0.2) is 4.79 Å². The van der Waals surface area contributed by atoms with E-state index in [1.54, 1.807) is 36.4 Å². The summed E-state index contributed by atoms with van der Waals surface area (Å²) in [6.07, 6.45) is 2.71. The molecule has 7 heteroatoms. The molecule has 0 radical (unpaired) electrons. The van der Waals surface area contributed by atoms with Crippen molar-refractivity contribution in [2.24, 2.45) is 0 Å². The van der Waals surface area contributed by atoms with E-state index in [-0.39, 0.29) is 5.78 Å². The quantitative estimate of drug-likeness (QED) is 0.355. The van der Waals surface area contributed by atoms with E-state index in [1.165, 1.54) is 19.3 Å².